The second-order valence-electron chi connectivity index (χ2n) is 3.47. The summed E-state index contributed by atoms with van der Waals surface area (Å²) in [6, 6.07) is 1.85. The quantitative estimate of drug-likeness (QED) is 0.518. The molecule has 0 aromatic carbocycles. The van der Waals surface area contributed by atoms with E-state index in [1.807, 2.05) is 6.07 Å². The molecule has 1 aromatic heterocycles. The molecule has 0 aliphatic rings. The highest BCUT2D eigenvalue weighted by Gasteiger charge is 2.05. The second kappa shape index (κ2) is 5.72. The Balaban J connectivity index is 2.76. The van der Waals surface area contributed by atoms with Crippen LogP contribution in [0.25, 0.3) is 0 Å². The van der Waals surface area contributed by atoms with Gasteiger partial charge in [-0.15, -0.1) is 12.3 Å². The Bertz CT molecular complexity index is 369. The van der Waals surface area contributed by atoms with Crippen LogP contribution in [0, 0.1) is 12.3 Å². The number of hydrogen-bond donors (Lipinski definition) is 1. The Labute approximate surface area is 98.8 Å². The van der Waals surface area contributed by atoms with Crippen molar-refractivity contribution in [1.82, 2.24) is 9.97 Å². The molecule has 0 amide bonds. The Kier molecular flexibility index (Phi) is 4.57. The summed E-state index contributed by atoms with van der Waals surface area (Å²) in [5.41, 5.74) is 0. The third-order valence-electron chi connectivity index (χ3n) is 1.80. The highest BCUT2D eigenvalue weighted by atomic mass is 79.9. The largest absolute Gasteiger partial charge is 0.369 e. The molecule has 1 aromatic rings. The SMILES string of the molecule is C#CCCNc1cc(Br)nc(C(C)C)n1. The second-order valence-corrected chi connectivity index (χ2v) is 4.28. The molecule has 0 atom stereocenters. The van der Waals surface area contributed by atoms with E-state index in [2.05, 4.69) is 51.0 Å². The van der Waals surface area contributed by atoms with Crippen molar-refractivity contribution in [3.8, 4) is 12.3 Å². The van der Waals surface area contributed by atoms with Gasteiger partial charge >= 0.3 is 0 Å². The number of nitrogens with zero attached hydrogens (tertiary/aromatic N) is 2. The highest BCUT2D eigenvalue weighted by molar-refractivity contribution is 9.10. The van der Waals surface area contributed by atoms with E-state index < -0.39 is 0 Å². The van der Waals surface area contributed by atoms with Gasteiger partial charge in [0.1, 0.15) is 16.2 Å². The van der Waals surface area contributed by atoms with Crippen LogP contribution in [0.1, 0.15) is 32.0 Å². The summed E-state index contributed by atoms with van der Waals surface area (Å²) in [5, 5.41) is 3.16. The molecule has 0 saturated carbocycles. The van der Waals surface area contributed by atoms with Crippen LogP contribution in [-0.2, 0) is 0 Å². The average molecular weight is 268 g/mol. The van der Waals surface area contributed by atoms with E-state index >= 15 is 0 Å². The minimum absolute atomic E-state index is 0.315. The van der Waals surface area contributed by atoms with Gasteiger partial charge in [0.05, 0.1) is 0 Å². The molecule has 0 saturated heterocycles. The first-order chi connectivity index (χ1) is 7.13. The van der Waals surface area contributed by atoms with Gasteiger partial charge in [0.2, 0.25) is 0 Å². The molecule has 1 rings (SSSR count). The molecule has 0 spiro atoms. The highest BCUT2D eigenvalue weighted by Crippen LogP contribution is 2.17. The van der Waals surface area contributed by atoms with Crippen molar-refractivity contribution in [2.24, 2.45) is 0 Å². The Morgan fingerprint density at radius 3 is 2.87 bits per heavy atom. The zero-order valence-electron chi connectivity index (χ0n) is 8.92. The van der Waals surface area contributed by atoms with Gasteiger partial charge < -0.3 is 5.32 Å². The fraction of sp³-hybridized carbons (Fsp3) is 0.455. The van der Waals surface area contributed by atoms with Gasteiger partial charge in [-0.05, 0) is 15.9 Å². The van der Waals surface area contributed by atoms with Crippen LogP contribution in [0.15, 0.2) is 10.7 Å². The predicted octanol–water partition coefficient (Wildman–Crippen LogP) is 2.80. The first-order valence-electron chi connectivity index (χ1n) is 4.85. The molecule has 3 nitrogen and oxygen atoms in total. The van der Waals surface area contributed by atoms with Crippen LogP contribution in [-0.4, -0.2) is 16.5 Å². The minimum Gasteiger partial charge on any atom is -0.369 e. The summed E-state index contributed by atoms with van der Waals surface area (Å²) in [6.07, 6.45) is 5.86. The average Bonchev–Trinajstić information content (AvgIpc) is 2.17. The van der Waals surface area contributed by atoms with Gasteiger partial charge in [-0.3, -0.25) is 0 Å². The van der Waals surface area contributed by atoms with Crippen molar-refractivity contribution in [2.45, 2.75) is 26.2 Å². The fourth-order valence-electron chi connectivity index (χ4n) is 1.05. The maximum atomic E-state index is 5.17. The van der Waals surface area contributed by atoms with Crippen molar-refractivity contribution in [1.29, 1.82) is 0 Å². The molecular formula is C11H14BrN3. The van der Waals surface area contributed by atoms with Crippen molar-refractivity contribution in [3.05, 3.63) is 16.5 Å². The number of rotatable bonds is 4. The van der Waals surface area contributed by atoms with Crippen molar-refractivity contribution in [2.75, 3.05) is 11.9 Å². The van der Waals surface area contributed by atoms with Crippen LogP contribution in [0.3, 0.4) is 0 Å². The van der Waals surface area contributed by atoms with E-state index in [4.69, 9.17) is 6.42 Å². The normalized spacial score (nSPS) is 10.1. The first kappa shape index (κ1) is 12.0. The molecule has 0 radical (unpaired) electrons. The first-order valence-corrected chi connectivity index (χ1v) is 5.64. The van der Waals surface area contributed by atoms with Gasteiger partial charge in [-0.2, -0.15) is 0 Å². The number of hydrogen-bond acceptors (Lipinski definition) is 3. The van der Waals surface area contributed by atoms with Crippen molar-refractivity contribution >= 4 is 21.7 Å². The summed E-state index contributed by atoms with van der Waals surface area (Å²) in [7, 11) is 0. The number of nitrogens with one attached hydrogen (secondary N) is 1. The topological polar surface area (TPSA) is 37.8 Å². The van der Waals surface area contributed by atoms with E-state index in [9.17, 15) is 0 Å². The monoisotopic (exact) mass is 267 g/mol. The van der Waals surface area contributed by atoms with Gasteiger partial charge in [-0.1, -0.05) is 13.8 Å². The molecule has 80 valence electrons. The maximum absolute atomic E-state index is 5.17. The molecule has 15 heavy (non-hydrogen) atoms. The molecule has 0 aliphatic heterocycles. The Hall–Kier alpha value is -1.08. The molecule has 0 unspecified atom stereocenters. The molecule has 1 N–H and O–H groups in total. The van der Waals surface area contributed by atoms with Crippen LogP contribution >= 0.6 is 15.9 Å². The fourth-order valence-corrected chi connectivity index (χ4v) is 1.45. The van der Waals surface area contributed by atoms with Gasteiger partial charge in [0.15, 0.2) is 0 Å². The zero-order chi connectivity index (χ0) is 11.3. The third kappa shape index (κ3) is 3.88. The van der Waals surface area contributed by atoms with E-state index in [0.717, 1.165) is 22.8 Å². The Morgan fingerprint density at radius 2 is 2.27 bits per heavy atom. The van der Waals surface area contributed by atoms with Crippen LogP contribution in [0.5, 0.6) is 0 Å². The number of aromatic nitrogens is 2. The van der Waals surface area contributed by atoms with Crippen molar-refractivity contribution < 1.29 is 0 Å². The van der Waals surface area contributed by atoms with Crippen LogP contribution in [0.4, 0.5) is 5.82 Å². The van der Waals surface area contributed by atoms with E-state index in [0.29, 0.717) is 12.3 Å². The predicted molar refractivity (Wildman–Crippen MR) is 65.8 cm³/mol. The lowest BCUT2D eigenvalue weighted by Gasteiger charge is -2.08. The summed E-state index contributed by atoms with van der Waals surface area (Å²) >= 11 is 3.36. The summed E-state index contributed by atoms with van der Waals surface area (Å²) in [5.74, 6) is 4.53. The molecule has 0 fully saturated rings. The lowest BCUT2D eigenvalue weighted by Crippen LogP contribution is -2.06. The molecule has 1 heterocycles. The maximum Gasteiger partial charge on any atom is 0.134 e. The molecule has 0 aliphatic carbocycles. The van der Waals surface area contributed by atoms with E-state index in [-0.39, 0.29) is 0 Å². The number of anilines is 1. The lowest BCUT2D eigenvalue weighted by molar-refractivity contribution is 0.769. The standard InChI is InChI=1S/C11H14BrN3/c1-4-5-6-13-10-7-9(12)14-11(15-10)8(2)3/h1,7-8H,5-6H2,2-3H3,(H,13,14,15). The van der Waals surface area contributed by atoms with Crippen LogP contribution < -0.4 is 5.32 Å². The smallest absolute Gasteiger partial charge is 0.134 e. The summed E-state index contributed by atoms with van der Waals surface area (Å²) in [6.45, 7) is 4.86. The lowest BCUT2D eigenvalue weighted by atomic mass is 10.2. The van der Waals surface area contributed by atoms with Crippen LogP contribution in [0.2, 0.25) is 0 Å². The van der Waals surface area contributed by atoms with Crippen molar-refractivity contribution in [3.63, 3.8) is 0 Å². The summed E-state index contributed by atoms with van der Waals surface area (Å²) in [4.78, 5) is 8.67. The van der Waals surface area contributed by atoms with Gasteiger partial charge in [0.25, 0.3) is 0 Å². The van der Waals surface area contributed by atoms with E-state index in [1.165, 1.54) is 0 Å². The molecule has 0 bridgehead atoms. The Morgan fingerprint density at radius 1 is 1.53 bits per heavy atom. The molecular weight excluding hydrogens is 254 g/mol. The number of terminal acetylenes is 1. The third-order valence-corrected chi connectivity index (χ3v) is 2.21. The van der Waals surface area contributed by atoms with E-state index in [1.54, 1.807) is 0 Å². The minimum atomic E-state index is 0.315. The number of halogens is 1. The van der Waals surface area contributed by atoms with Gasteiger partial charge in [0, 0.05) is 24.9 Å². The zero-order valence-corrected chi connectivity index (χ0v) is 10.5. The summed E-state index contributed by atoms with van der Waals surface area (Å²) < 4.78 is 0.796. The molecule has 4 heteroatoms. The van der Waals surface area contributed by atoms with Gasteiger partial charge in [-0.25, -0.2) is 9.97 Å².